The molecule has 0 unspecified atom stereocenters. The quantitative estimate of drug-likeness (QED) is 0.715. The summed E-state index contributed by atoms with van der Waals surface area (Å²) in [5.41, 5.74) is 3.99. The molecule has 0 aliphatic carbocycles. The Balaban J connectivity index is 1.84. The van der Waals surface area contributed by atoms with Gasteiger partial charge in [-0.2, -0.15) is 11.8 Å². The van der Waals surface area contributed by atoms with Crippen molar-refractivity contribution in [2.24, 2.45) is 14.1 Å². The minimum absolute atomic E-state index is 0.00811. The van der Waals surface area contributed by atoms with Crippen molar-refractivity contribution in [1.82, 2.24) is 24.1 Å². The second kappa shape index (κ2) is 6.23. The number of aryl methyl sites for hydroxylation is 2. The van der Waals surface area contributed by atoms with Crippen LogP contribution in [-0.4, -0.2) is 35.6 Å². The number of thioether (sulfide) groups is 1. The Morgan fingerprint density at radius 3 is 2.70 bits per heavy atom. The third kappa shape index (κ3) is 3.06. The lowest BCUT2D eigenvalue weighted by Crippen LogP contribution is -2.19. The van der Waals surface area contributed by atoms with E-state index in [0.29, 0.717) is 11.8 Å². The minimum atomic E-state index is -0.00811. The highest BCUT2D eigenvalue weighted by Gasteiger charge is 2.10. The first kappa shape index (κ1) is 15.9. The summed E-state index contributed by atoms with van der Waals surface area (Å²) in [5, 5.41) is 8.98. The second-order valence-corrected chi connectivity index (χ2v) is 7.16. The van der Waals surface area contributed by atoms with Gasteiger partial charge in [0.2, 0.25) is 0 Å². The van der Waals surface area contributed by atoms with Crippen LogP contribution in [0, 0.1) is 0 Å². The summed E-state index contributed by atoms with van der Waals surface area (Å²) in [5.74, 6) is 0. The zero-order valence-corrected chi connectivity index (χ0v) is 14.7. The Hall–Kier alpha value is -2.02. The van der Waals surface area contributed by atoms with Crippen molar-refractivity contribution in [3.63, 3.8) is 0 Å². The molecular formula is C16H21N5OS. The van der Waals surface area contributed by atoms with E-state index in [4.69, 9.17) is 0 Å². The van der Waals surface area contributed by atoms with Gasteiger partial charge in [0.1, 0.15) is 0 Å². The summed E-state index contributed by atoms with van der Waals surface area (Å²) in [6, 6.07) is 6.07. The molecule has 3 rings (SSSR count). The van der Waals surface area contributed by atoms with Gasteiger partial charge in [-0.3, -0.25) is 9.13 Å². The predicted molar refractivity (Wildman–Crippen MR) is 94.0 cm³/mol. The molecule has 0 spiro atoms. The van der Waals surface area contributed by atoms with Gasteiger partial charge < -0.3 is 0 Å². The summed E-state index contributed by atoms with van der Waals surface area (Å²) in [6.45, 7) is 2.84. The smallest absolute Gasteiger partial charge is 0.295 e. The number of benzene rings is 1. The zero-order chi connectivity index (χ0) is 16.6. The average Bonchev–Trinajstić information content (AvgIpc) is 3.06. The fourth-order valence-electron chi connectivity index (χ4n) is 2.72. The number of fused-ring (bicyclic) bond motifs is 1. The first-order chi connectivity index (χ1) is 11.0. The fraction of sp³-hybridized carbons (Fsp3) is 0.438. The summed E-state index contributed by atoms with van der Waals surface area (Å²) >= 11 is 1.83. The second-order valence-electron chi connectivity index (χ2n) is 5.88. The Morgan fingerprint density at radius 1 is 1.22 bits per heavy atom. The maximum Gasteiger partial charge on any atom is 0.328 e. The van der Waals surface area contributed by atoms with Gasteiger partial charge in [-0.05, 0) is 24.0 Å². The van der Waals surface area contributed by atoms with Crippen LogP contribution in [0.15, 0.2) is 29.2 Å². The maximum atomic E-state index is 12.0. The molecule has 0 radical (unpaired) electrons. The topological polar surface area (TPSA) is 57.6 Å². The Kier molecular flexibility index (Phi) is 4.30. The summed E-state index contributed by atoms with van der Waals surface area (Å²) < 4.78 is 5.19. The van der Waals surface area contributed by atoms with Crippen LogP contribution < -0.4 is 5.69 Å². The minimum Gasteiger partial charge on any atom is -0.295 e. The van der Waals surface area contributed by atoms with Crippen LogP contribution in [0.5, 0.6) is 0 Å². The monoisotopic (exact) mass is 331 g/mol. The number of hydrogen-bond donors (Lipinski definition) is 0. The Morgan fingerprint density at radius 2 is 1.96 bits per heavy atom. The Bertz CT molecular complexity index is 892. The van der Waals surface area contributed by atoms with Gasteiger partial charge in [-0.15, -0.1) is 5.10 Å². The summed E-state index contributed by atoms with van der Waals surface area (Å²) in [7, 11) is 3.59. The molecule has 0 bridgehead atoms. The van der Waals surface area contributed by atoms with Crippen molar-refractivity contribution in [2.45, 2.75) is 25.1 Å². The molecule has 1 atom stereocenters. The van der Waals surface area contributed by atoms with E-state index in [1.165, 1.54) is 0 Å². The largest absolute Gasteiger partial charge is 0.328 e. The number of nitrogens with zero attached hydrogens (tertiary/aromatic N) is 5. The van der Waals surface area contributed by atoms with E-state index >= 15 is 0 Å². The standard InChI is InChI=1S/C16H21N5OS/c1-11(23-4)7-13-10-21(18-17-13)9-12-5-6-14-15(8-12)20(3)16(22)19(14)2/h5-6,8,10-11H,7,9H2,1-4H3/t11-/m1/s1. The third-order valence-corrected chi connectivity index (χ3v) is 5.14. The molecule has 0 N–H and O–H groups in total. The first-order valence-electron chi connectivity index (χ1n) is 7.55. The number of rotatable bonds is 5. The number of hydrogen-bond acceptors (Lipinski definition) is 4. The van der Waals surface area contributed by atoms with Crippen LogP contribution in [0.2, 0.25) is 0 Å². The lowest BCUT2D eigenvalue weighted by atomic mass is 10.2. The molecule has 0 fully saturated rings. The normalized spacial score (nSPS) is 12.9. The van der Waals surface area contributed by atoms with E-state index in [-0.39, 0.29) is 5.69 Å². The van der Waals surface area contributed by atoms with E-state index in [0.717, 1.165) is 28.7 Å². The van der Waals surface area contributed by atoms with Crippen LogP contribution >= 0.6 is 11.8 Å². The van der Waals surface area contributed by atoms with Gasteiger partial charge in [-0.25, -0.2) is 9.48 Å². The van der Waals surface area contributed by atoms with E-state index in [2.05, 4.69) is 23.5 Å². The van der Waals surface area contributed by atoms with Gasteiger partial charge in [0, 0.05) is 32.0 Å². The van der Waals surface area contributed by atoms with Gasteiger partial charge in [0.05, 0.1) is 23.3 Å². The molecule has 23 heavy (non-hydrogen) atoms. The molecule has 1 aromatic carbocycles. The predicted octanol–water partition coefficient (Wildman–Crippen LogP) is 1.81. The molecule has 0 saturated heterocycles. The van der Waals surface area contributed by atoms with Gasteiger partial charge in [0.25, 0.3) is 0 Å². The Labute approximate surface area is 139 Å². The van der Waals surface area contributed by atoms with E-state index in [1.807, 2.05) is 40.8 Å². The molecule has 0 saturated carbocycles. The van der Waals surface area contributed by atoms with Crippen molar-refractivity contribution in [2.75, 3.05) is 6.26 Å². The molecule has 6 nitrogen and oxygen atoms in total. The molecule has 7 heteroatoms. The molecule has 0 amide bonds. The van der Waals surface area contributed by atoms with Crippen LogP contribution in [0.1, 0.15) is 18.2 Å². The highest BCUT2D eigenvalue weighted by atomic mass is 32.2. The van der Waals surface area contributed by atoms with Crippen molar-refractivity contribution in [3.05, 3.63) is 46.1 Å². The van der Waals surface area contributed by atoms with Crippen LogP contribution in [0.3, 0.4) is 0 Å². The van der Waals surface area contributed by atoms with Gasteiger partial charge >= 0.3 is 5.69 Å². The van der Waals surface area contributed by atoms with Gasteiger partial charge in [-0.1, -0.05) is 18.2 Å². The molecule has 122 valence electrons. The number of aromatic nitrogens is 5. The molecule has 2 aromatic heterocycles. The van der Waals surface area contributed by atoms with Crippen molar-refractivity contribution in [1.29, 1.82) is 0 Å². The molecule has 0 aliphatic heterocycles. The molecular weight excluding hydrogens is 310 g/mol. The highest BCUT2D eigenvalue weighted by molar-refractivity contribution is 7.99. The van der Waals surface area contributed by atoms with E-state index < -0.39 is 0 Å². The third-order valence-electron chi connectivity index (χ3n) is 4.17. The van der Waals surface area contributed by atoms with Crippen molar-refractivity contribution >= 4 is 22.8 Å². The van der Waals surface area contributed by atoms with Crippen LogP contribution in [0.4, 0.5) is 0 Å². The van der Waals surface area contributed by atoms with Crippen molar-refractivity contribution < 1.29 is 0 Å². The molecule has 2 heterocycles. The summed E-state index contributed by atoms with van der Waals surface area (Å²) in [6.07, 6.45) is 5.03. The lowest BCUT2D eigenvalue weighted by Gasteiger charge is -2.04. The van der Waals surface area contributed by atoms with E-state index in [1.54, 1.807) is 23.2 Å². The maximum absolute atomic E-state index is 12.0. The lowest BCUT2D eigenvalue weighted by molar-refractivity contribution is 0.649. The SMILES string of the molecule is CS[C@H](C)Cc1cn(Cc2ccc3c(c2)n(C)c(=O)n3C)nn1. The summed E-state index contributed by atoms with van der Waals surface area (Å²) in [4.78, 5) is 12.0. The number of imidazole rings is 1. The average molecular weight is 331 g/mol. The van der Waals surface area contributed by atoms with Crippen LogP contribution in [-0.2, 0) is 27.1 Å². The van der Waals surface area contributed by atoms with Gasteiger partial charge in [0.15, 0.2) is 0 Å². The first-order valence-corrected chi connectivity index (χ1v) is 8.84. The zero-order valence-electron chi connectivity index (χ0n) is 13.9. The molecule has 0 aliphatic rings. The van der Waals surface area contributed by atoms with Crippen molar-refractivity contribution in [3.8, 4) is 0 Å². The molecule has 3 aromatic rings. The van der Waals surface area contributed by atoms with Crippen LogP contribution in [0.25, 0.3) is 11.0 Å². The fourth-order valence-corrected chi connectivity index (χ4v) is 3.06. The van der Waals surface area contributed by atoms with E-state index in [9.17, 15) is 4.79 Å². The highest BCUT2D eigenvalue weighted by Crippen LogP contribution is 2.15.